The minimum atomic E-state index is -0.207. The molecule has 2 aromatic rings. The normalized spacial score (nSPS) is 20.5. The molecule has 1 unspecified atom stereocenters. The number of fused-ring (bicyclic) bond motifs is 1. The molecule has 19 heavy (non-hydrogen) atoms. The molecule has 5 heteroatoms. The van der Waals surface area contributed by atoms with Crippen LogP contribution in [0.25, 0.3) is 0 Å². The van der Waals surface area contributed by atoms with Gasteiger partial charge in [-0.3, -0.25) is 0 Å². The maximum Gasteiger partial charge on any atom is 0.169 e. The van der Waals surface area contributed by atoms with Gasteiger partial charge in [0, 0.05) is 11.3 Å². The first kappa shape index (κ1) is 12.7. The predicted octanol–water partition coefficient (Wildman–Crippen LogP) is 2.95. The fourth-order valence-corrected chi connectivity index (χ4v) is 3.96. The van der Waals surface area contributed by atoms with E-state index < -0.39 is 0 Å². The molecule has 1 atom stereocenters. The van der Waals surface area contributed by atoms with E-state index in [0.29, 0.717) is 6.54 Å². The highest BCUT2D eigenvalue weighted by atomic mass is 32.2. The molecule has 1 aliphatic rings. The molecule has 2 N–H and O–H groups in total. The zero-order valence-electron chi connectivity index (χ0n) is 10.9. The molecular formula is C14H16FN3S. The highest BCUT2D eigenvalue weighted by molar-refractivity contribution is 8.00. The number of nitrogens with zero attached hydrogens (tertiary/aromatic N) is 2. The van der Waals surface area contributed by atoms with Gasteiger partial charge in [0.2, 0.25) is 0 Å². The second kappa shape index (κ2) is 4.35. The molecule has 1 aliphatic heterocycles. The molecule has 3 nitrogen and oxygen atoms in total. The number of nitrogens with two attached hydrogens (primary N) is 1. The van der Waals surface area contributed by atoms with E-state index in [1.807, 2.05) is 12.3 Å². The third-order valence-electron chi connectivity index (χ3n) is 3.48. The largest absolute Gasteiger partial charge is 0.325 e. The summed E-state index contributed by atoms with van der Waals surface area (Å²) in [6.07, 6.45) is 1.81. The van der Waals surface area contributed by atoms with Gasteiger partial charge in [0.25, 0.3) is 0 Å². The first-order valence-electron chi connectivity index (χ1n) is 6.23. The number of hydrogen-bond acceptors (Lipinski definition) is 3. The standard InChI is InChI=1S/C14H16FN3S/c1-14(2)12(9-4-3-5-10(15)6-9)18-11(7-16)8-17-13(18)19-14/h3-6,8,12H,7,16H2,1-2H3. The van der Waals surface area contributed by atoms with Crippen LogP contribution in [0, 0.1) is 5.82 Å². The van der Waals surface area contributed by atoms with Gasteiger partial charge in [-0.1, -0.05) is 23.9 Å². The Morgan fingerprint density at radius 2 is 2.26 bits per heavy atom. The van der Waals surface area contributed by atoms with Gasteiger partial charge in [0.05, 0.1) is 17.9 Å². The van der Waals surface area contributed by atoms with Crippen molar-refractivity contribution in [2.45, 2.75) is 36.3 Å². The molecule has 0 fully saturated rings. The third kappa shape index (κ3) is 1.97. The number of hydrogen-bond donors (Lipinski definition) is 1. The second-order valence-electron chi connectivity index (χ2n) is 5.27. The Kier molecular flexibility index (Phi) is 2.91. The van der Waals surface area contributed by atoms with E-state index in [0.717, 1.165) is 16.4 Å². The summed E-state index contributed by atoms with van der Waals surface area (Å²) in [6.45, 7) is 4.75. The van der Waals surface area contributed by atoms with Gasteiger partial charge in [-0.2, -0.15) is 0 Å². The zero-order valence-corrected chi connectivity index (χ0v) is 11.7. The maximum absolute atomic E-state index is 13.5. The van der Waals surface area contributed by atoms with Gasteiger partial charge in [-0.05, 0) is 31.5 Å². The first-order chi connectivity index (χ1) is 9.03. The van der Waals surface area contributed by atoms with Gasteiger partial charge in [0.15, 0.2) is 5.16 Å². The molecule has 0 saturated carbocycles. The van der Waals surface area contributed by atoms with Crippen LogP contribution in [-0.2, 0) is 6.54 Å². The summed E-state index contributed by atoms with van der Waals surface area (Å²) in [5, 5.41) is 0.958. The Morgan fingerprint density at radius 3 is 2.95 bits per heavy atom. The molecule has 0 radical (unpaired) electrons. The van der Waals surface area contributed by atoms with Crippen molar-refractivity contribution in [3.63, 3.8) is 0 Å². The number of aromatic nitrogens is 2. The Morgan fingerprint density at radius 1 is 1.47 bits per heavy atom. The Balaban J connectivity index is 2.16. The Labute approximate surface area is 116 Å². The van der Waals surface area contributed by atoms with Crippen LogP contribution in [0.2, 0.25) is 0 Å². The van der Waals surface area contributed by atoms with Crippen LogP contribution >= 0.6 is 11.8 Å². The Hall–Kier alpha value is -1.33. The van der Waals surface area contributed by atoms with Crippen LogP contribution in [-0.4, -0.2) is 14.3 Å². The lowest BCUT2D eigenvalue weighted by Gasteiger charge is -2.28. The van der Waals surface area contributed by atoms with E-state index in [1.54, 1.807) is 23.9 Å². The number of halogens is 1. The fourth-order valence-electron chi connectivity index (χ4n) is 2.71. The van der Waals surface area contributed by atoms with Gasteiger partial charge in [-0.25, -0.2) is 9.37 Å². The van der Waals surface area contributed by atoms with Crippen molar-refractivity contribution in [3.8, 4) is 0 Å². The molecule has 0 amide bonds. The summed E-state index contributed by atoms with van der Waals surface area (Å²) in [4.78, 5) is 4.41. The fraction of sp³-hybridized carbons (Fsp3) is 0.357. The van der Waals surface area contributed by atoms with Gasteiger partial charge >= 0.3 is 0 Å². The van der Waals surface area contributed by atoms with E-state index in [-0.39, 0.29) is 16.6 Å². The van der Waals surface area contributed by atoms with Crippen LogP contribution < -0.4 is 5.73 Å². The summed E-state index contributed by atoms with van der Waals surface area (Å²) < 4.78 is 15.6. The smallest absolute Gasteiger partial charge is 0.169 e. The van der Waals surface area contributed by atoms with Gasteiger partial charge in [0.1, 0.15) is 5.82 Å². The quantitative estimate of drug-likeness (QED) is 0.918. The lowest BCUT2D eigenvalue weighted by atomic mass is 9.94. The highest BCUT2D eigenvalue weighted by Gasteiger charge is 2.42. The monoisotopic (exact) mass is 277 g/mol. The van der Waals surface area contributed by atoms with E-state index in [9.17, 15) is 4.39 Å². The summed E-state index contributed by atoms with van der Waals surface area (Å²) in [6, 6.07) is 6.84. The maximum atomic E-state index is 13.5. The average Bonchev–Trinajstić information content (AvgIpc) is 2.82. The van der Waals surface area contributed by atoms with Crippen molar-refractivity contribution >= 4 is 11.8 Å². The first-order valence-corrected chi connectivity index (χ1v) is 7.05. The van der Waals surface area contributed by atoms with Crippen molar-refractivity contribution in [2.75, 3.05) is 0 Å². The third-order valence-corrected chi connectivity index (χ3v) is 4.72. The molecule has 0 saturated heterocycles. The molecule has 2 heterocycles. The summed E-state index contributed by atoms with van der Waals surface area (Å²) in [7, 11) is 0. The predicted molar refractivity (Wildman–Crippen MR) is 74.6 cm³/mol. The highest BCUT2D eigenvalue weighted by Crippen LogP contribution is 2.51. The molecule has 100 valence electrons. The molecule has 1 aromatic carbocycles. The van der Waals surface area contributed by atoms with Crippen molar-refractivity contribution in [1.29, 1.82) is 0 Å². The number of imidazole rings is 1. The molecular weight excluding hydrogens is 261 g/mol. The minimum Gasteiger partial charge on any atom is -0.325 e. The van der Waals surface area contributed by atoms with Crippen LogP contribution in [0.5, 0.6) is 0 Å². The van der Waals surface area contributed by atoms with Gasteiger partial charge < -0.3 is 10.3 Å². The number of rotatable bonds is 2. The van der Waals surface area contributed by atoms with E-state index in [4.69, 9.17) is 5.73 Å². The zero-order chi connectivity index (χ0) is 13.6. The van der Waals surface area contributed by atoms with Crippen molar-refractivity contribution in [1.82, 2.24) is 9.55 Å². The molecule has 0 spiro atoms. The topological polar surface area (TPSA) is 43.8 Å². The van der Waals surface area contributed by atoms with E-state index >= 15 is 0 Å². The van der Waals surface area contributed by atoms with Gasteiger partial charge in [-0.15, -0.1) is 0 Å². The molecule has 1 aromatic heterocycles. The van der Waals surface area contributed by atoms with Crippen LogP contribution in [0.1, 0.15) is 31.1 Å². The van der Waals surface area contributed by atoms with Crippen LogP contribution in [0.15, 0.2) is 35.6 Å². The SMILES string of the molecule is CC1(C)Sc2ncc(CN)n2C1c1cccc(F)c1. The second-order valence-corrected chi connectivity index (χ2v) is 6.89. The van der Waals surface area contributed by atoms with Crippen LogP contribution in [0.4, 0.5) is 4.39 Å². The summed E-state index contributed by atoms with van der Waals surface area (Å²) in [5.41, 5.74) is 7.73. The van der Waals surface area contributed by atoms with Crippen molar-refractivity contribution in [3.05, 3.63) is 47.5 Å². The molecule has 0 aliphatic carbocycles. The lowest BCUT2D eigenvalue weighted by Crippen LogP contribution is -2.27. The van der Waals surface area contributed by atoms with E-state index in [2.05, 4.69) is 23.4 Å². The van der Waals surface area contributed by atoms with Crippen molar-refractivity contribution < 1.29 is 4.39 Å². The summed E-state index contributed by atoms with van der Waals surface area (Å²) in [5.74, 6) is -0.207. The Bertz CT molecular complexity index is 621. The van der Waals surface area contributed by atoms with E-state index in [1.165, 1.54) is 6.07 Å². The minimum absolute atomic E-state index is 0.0595. The molecule has 0 bridgehead atoms. The number of benzene rings is 1. The molecule has 3 rings (SSSR count). The van der Waals surface area contributed by atoms with Crippen LogP contribution in [0.3, 0.4) is 0 Å². The van der Waals surface area contributed by atoms with Crippen molar-refractivity contribution in [2.24, 2.45) is 5.73 Å². The summed E-state index contributed by atoms with van der Waals surface area (Å²) >= 11 is 1.71. The average molecular weight is 277 g/mol. The lowest BCUT2D eigenvalue weighted by molar-refractivity contribution is 0.462. The number of thioether (sulfide) groups is 1.